The molecule has 1 aromatic carbocycles. The summed E-state index contributed by atoms with van der Waals surface area (Å²) < 4.78 is 7.02. The van der Waals surface area contributed by atoms with Crippen LogP contribution in [0.2, 0.25) is 0 Å². The number of thiophene rings is 1. The molecular formula is C22H25N3O2S. The number of hydrogen-bond donors (Lipinski definition) is 1. The van der Waals surface area contributed by atoms with Gasteiger partial charge in [0.15, 0.2) is 0 Å². The number of fused-ring (bicyclic) bond motifs is 3. The minimum atomic E-state index is 0.0784. The third-order valence-electron chi connectivity index (χ3n) is 5.91. The fourth-order valence-corrected chi connectivity index (χ4v) is 5.37. The van der Waals surface area contributed by atoms with Crippen LogP contribution in [0, 0.1) is 5.92 Å². The van der Waals surface area contributed by atoms with E-state index in [1.54, 1.807) is 29.3 Å². The summed E-state index contributed by atoms with van der Waals surface area (Å²) in [5.41, 5.74) is 2.35. The van der Waals surface area contributed by atoms with Crippen LogP contribution in [-0.4, -0.2) is 29.2 Å². The Morgan fingerprint density at radius 1 is 1.32 bits per heavy atom. The largest absolute Gasteiger partial charge is 0.497 e. The molecule has 1 unspecified atom stereocenters. The molecule has 2 aliphatic rings. The molecule has 5 nitrogen and oxygen atoms in total. The van der Waals surface area contributed by atoms with E-state index >= 15 is 0 Å². The summed E-state index contributed by atoms with van der Waals surface area (Å²) in [6.45, 7) is 1.66. The molecule has 0 amide bonds. The maximum atomic E-state index is 13.2. The summed E-state index contributed by atoms with van der Waals surface area (Å²) in [4.78, 5) is 20.1. The molecule has 0 bridgehead atoms. The van der Waals surface area contributed by atoms with Crippen molar-refractivity contribution in [1.82, 2.24) is 14.9 Å². The van der Waals surface area contributed by atoms with Crippen molar-refractivity contribution in [3.63, 3.8) is 0 Å². The predicted molar refractivity (Wildman–Crippen MR) is 113 cm³/mol. The minimum Gasteiger partial charge on any atom is -0.497 e. The van der Waals surface area contributed by atoms with Crippen molar-refractivity contribution in [3.05, 3.63) is 57.0 Å². The van der Waals surface area contributed by atoms with E-state index in [4.69, 9.17) is 4.74 Å². The summed E-state index contributed by atoms with van der Waals surface area (Å²) >= 11 is 1.70. The molecule has 1 fully saturated rings. The zero-order chi connectivity index (χ0) is 19.1. The van der Waals surface area contributed by atoms with Crippen molar-refractivity contribution in [3.8, 4) is 5.75 Å². The lowest BCUT2D eigenvalue weighted by molar-refractivity contribution is 0.414. The van der Waals surface area contributed by atoms with Crippen molar-refractivity contribution in [2.45, 2.75) is 44.7 Å². The molecule has 2 aliphatic carbocycles. The fourth-order valence-electron chi connectivity index (χ4n) is 4.11. The molecule has 1 atom stereocenters. The second-order valence-corrected chi connectivity index (χ2v) is 9.09. The second-order valence-electron chi connectivity index (χ2n) is 8.00. The van der Waals surface area contributed by atoms with E-state index in [2.05, 4.69) is 10.3 Å². The zero-order valence-electron chi connectivity index (χ0n) is 16.1. The van der Waals surface area contributed by atoms with Crippen LogP contribution in [-0.2, 0) is 19.4 Å². The lowest BCUT2D eigenvalue weighted by Gasteiger charge is -2.23. The van der Waals surface area contributed by atoms with Crippen LogP contribution in [0.1, 0.15) is 35.3 Å². The highest BCUT2D eigenvalue weighted by Crippen LogP contribution is 2.34. The number of hydrogen-bond acceptors (Lipinski definition) is 5. The van der Waals surface area contributed by atoms with Gasteiger partial charge in [0, 0.05) is 10.9 Å². The molecule has 28 heavy (non-hydrogen) atoms. The third kappa shape index (κ3) is 3.47. The average molecular weight is 396 g/mol. The highest BCUT2D eigenvalue weighted by molar-refractivity contribution is 7.18. The number of benzene rings is 1. The summed E-state index contributed by atoms with van der Waals surface area (Å²) in [7, 11) is 1.66. The Hall–Kier alpha value is -2.18. The Morgan fingerprint density at radius 3 is 3.04 bits per heavy atom. The van der Waals surface area contributed by atoms with Crippen LogP contribution >= 0.6 is 11.3 Å². The van der Waals surface area contributed by atoms with E-state index in [-0.39, 0.29) is 5.56 Å². The van der Waals surface area contributed by atoms with Gasteiger partial charge in [0.2, 0.25) is 0 Å². The molecule has 146 valence electrons. The van der Waals surface area contributed by atoms with Crippen LogP contribution in [0.3, 0.4) is 0 Å². The number of rotatable bonds is 6. The summed E-state index contributed by atoms with van der Waals surface area (Å²) in [5.74, 6) is 1.70. The minimum absolute atomic E-state index is 0.0784. The van der Waals surface area contributed by atoms with Crippen molar-refractivity contribution >= 4 is 21.6 Å². The molecule has 2 aromatic heterocycles. The topological polar surface area (TPSA) is 56.2 Å². The molecule has 0 spiro atoms. The van der Waals surface area contributed by atoms with E-state index in [1.165, 1.54) is 23.3 Å². The first-order valence-electron chi connectivity index (χ1n) is 10.1. The van der Waals surface area contributed by atoms with Gasteiger partial charge in [-0.15, -0.1) is 11.3 Å². The van der Waals surface area contributed by atoms with Gasteiger partial charge in [0.25, 0.3) is 5.56 Å². The third-order valence-corrected chi connectivity index (χ3v) is 7.08. The predicted octanol–water partition coefficient (Wildman–Crippen LogP) is 3.37. The number of aromatic nitrogens is 2. The van der Waals surface area contributed by atoms with Gasteiger partial charge in [-0.05, 0) is 67.8 Å². The Bertz CT molecular complexity index is 1070. The Balaban J connectivity index is 1.42. The van der Waals surface area contributed by atoms with Gasteiger partial charge >= 0.3 is 0 Å². The van der Waals surface area contributed by atoms with E-state index in [1.807, 2.05) is 24.3 Å². The molecule has 0 radical (unpaired) electrons. The van der Waals surface area contributed by atoms with Crippen LogP contribution in [0.4, 0.5) is 0 Å². The van der Waals surface area contributed by atoms with E-state index < -0.39 is 0 Å². The maximum absolute atomic E-state index is 13.2. The molecule has 0 aliphatic heterocycles. The number of nitrogens with zero attached hydrogens (tertiary/aromatic N) is 2. The van der Waals surface area contributed by atoms with Gasteiger partial charge in [-0.3, -0.25) is 9.36 Å². The maximum Gasteiger partial charge on any atom is 0.262 e. The van der Waals surface area contributed by atoms with Gasteiger partial charge in [0.1, 0.15) is 10.6 Å². The smallest absolute Gasteiger partial charge is 0.262 e. The molecule has 6 heteroatoms. The lowest BCUT2D eigenvalue weighted by atomic mass is 9.93. The van der Waals surface area contributed by atoms with Gasteiger partial charge in [-0.1, -0.05) is 12.1 Å². The van der Waals surface area contributed by atoms with Crippen LogP contribution in [0.5, 0.6) is 5.75 Å². The Morgan fingerprint density at radius 2 is 2.21 bits per heavy atom. The molecule has 0 saturated heterocycles. The first-order chi connectivity index (χ1) is 13.7. The standard InChI is InChI=1S/C22H25N3O2S/c1-27-17-4-2-3-15(9-17)12-25-13-24-21-20(22(25)26)18-8-7-16(10-19(18)28-21)23-11-14-5-6-14/h2-4,9,13-14,16,23H,5-8,10-12H2,1H3. The first kappa shape index (κ1) is 17.9. The molecule has 2 heterocycles. The number of nitrogens with one attached hydrogen (secondary N) is 1. The van der Waals surface area contributed by atoms with Crippen LogP contribution < -0.4 is 15.6 Å². The molecule has 3 aromatic rings. The monoisotopic (exact) mass is 395 g/mol. The average Bonchev–Trinajstić information content (AvgIpc) is 3.47. The first-order valence-corrected chi connectivity index (χ1v) is 10.9. The lowest BCUT2D eigenvalue weighted by Crippen LogP contribution is -2.35. The number of aryl methyl sites for hydroxylation is 1. The quantitative estimate of drug-likeness (QED) is 0.695. The van der Waals surface area contributed by atoms with Crippen LogP contribution in [0.25, 0.3) is 10.2 Å². The SMILES string of the molecule is COc1cccc(Cn2cnc3sc4c(c3c2=O)CCC(NCC2CC2)C4)c1. The number of methoxy groups -OCH3 is 1. The highest BCUT2D eigenvalue weighted by atomic mass is 32.1. The zero-order valence-corrected chi connectivity index (χ0v) is 16.9. The van der Waals surface area contributed by atoms with Gasteiger partial charge in [-0.2, -0.15) is 0 Å². The highest BCUT2D eigenvalue weighted by Gasteiger charge is 2.27. The summed E-state index contributed by atoms with van der Waals surface area (Å²) in [5, 5.41) is 4.57. The van der Waals surface area contributed by atoms with Crippen molar-refractivity contribution < 1.29 is 4.74 Å². The van der Waals surface area contributed by atoms with Gasteiger partial charge in [0.05, 0.1) is 25.4 Å². The van der Waals surface area contributed by atoms with E-state index in [9.17, 15) is 4.79 Å². The summed E-state index contributed by atoms with van der Waals surface area (Å²) in [6, 6.07) is 8.39. The Labute approximate surface area is 168 Å². The van der Waals surface area contributed by atoms with E-state index in [0.717, 1.165) is 53.3 Å². The van der Waals surface area contributed by atoms with Crippen molar-refractivity contribution in [1.29, 1.82) is 0 Å². The van der Waals surface area contributed by atoms with Crippen molar-refractivity contribution in [2.75, 3.05) is 13.7 Å². The Kier molecular flexibility index (Phi) is 4.69. The van der Waals surface area contributed by atoms with Crippen molar-refractivity contribution in [2.24, 2.45) is 5.92 Å². The molecular weight excluding hydrogens is 370 g/mol. The van der Waals surface area contributed by atoms with Crippen LogP contribution in [0.15, 0.2) is 35.4 Å². The molecule has 5 rings (SSSR count). The van der Waals surface area contributed by atoms with Gasteiger partial charge < -0.3 is 10.1 Å². The summed E-state index contributed by atoms with van der Waals surface area (Å²) in [6.07, 6.45) is 7.55. The number of ether oxygens (including phenoxy) is 1. The van der Waals surface area contributed by atoms with Gasteiger partial charge in [-0.25, -0.2) is 4.98 Å². The normalized spacial score (nSPS) is 19.0. The second kappa shape index (κ2) is 7.33. The molecule has 1 N–H and O–H groups in total. The fraction of sp³-hybridized carbons (Fsp3) is 0.455. The molecule has 1 saturated carbocycles. The van der Waals surface area contributed by atoms with E-state index in [0.29, 0.717) is 12.6 Å².